The molecule has 1 nitrogen and oxygen atoms in total. The van der Waals surface area contributed by atoms with Gasteiger partial charge >= 0.3 is 0 Å². The third-order valence-electron chi connectivity index (χ3n) is 1.51. The molecular formula is C8H9BrClN. The first-order chi connectivity index (χ1) is 5.15. The molecule has 1 aromatic carbocycles. The smallest absolute Gasteiger partial charge is 0.0480 e. The molecule has 1 aromatic rings. The van der Waals surface area contributed by atoms with Gasteiger partial charge in [-0.05, 0) is 30.2 Å². The summed E-state index contributed by atoms with van der Waals surface area (Å²) in [5.74, 6) is 0. The van der Waals surface area contributed by atoms with Crippen molar-refractivity contribution in [3.8, 4) is 0 Å². The van der Waals surface area contributed by atoms with E-state index in [0.717, 1.165) is 20.6 Å². The van der Waals surface area contributed by atoms with Crippen molar-refractivity contribution >= 4 is 27.5 Å². The first-order valence-corrected chi connectivity index (χ1v) is 4.47. The molecule has 0 radical (unpaired) electrons. The molecule has 0 spiro atoms. The maximum absolute atomic E-state index is 5.96. The van der Waals surface area contributed by atoms with Crippen molar-refractivity contribution in [1.29, 1.82) is 0 Å². The van der Waals surface area contributed by atoms with E-state index in [-0.39, 0.29) is 0 Å². The molecule has 0 atom stereocenters. The third kappa shape index (κ3) is 1.95. The Morgan fingerprint density at radius 1 is 1.55 bits per heavy atom. The van der Waals surface area contributed by atoms with Crippen molar-refractivity contribution in [1.82, 2.24) is 0 Å². The van der Waals surface area contributed by atoms with E-state index in [1.807, 2.05) is 19.1 Å². The topological polar surface area (TPSA) is 26.0 Å². The van der Waals surface area contributed by atoms with Gasteiger partial charge in [0.25, 0.3) is 0 Å². The van der Waals surface area contributed by atoms with Gasteiger partial charge in [-0.15, -0.1) is 0 Å². The van der Waals surface area contributed by atoms with Gasteiger partial charge in [0.2, 0.25) is 0 Å². The number of aryl methyl sites for hydroxylation is 1. The molecule has 0 bridgehead atoms. The molecule has 60 valence electrons. The van der Waals surface area contributed by atoms with Crippen molar-refractivity contribution < 1.29 is 0 Å². The number of benzene rings is 1. The number of nitrogens with two attached hydrogens (primary N) is 1. The van der Waals surface area contributed by atoms with E-state index in [2.05, 4.69) is 15.9 Å². The van der Waals surface area contributed by atoms with Crippen LogP contribution in [-0.4, -0.2) is 0 Å². The van der Waals surface area contributed by atoms with Crippen LogP contribution in [0, 0.1) is 6.92 Å². The summed E-state index contributed by atoms with van der Waals surface area (Å²) in [4.78, 5) is 0. The van der Waals surface area contributed by atoms with E-state index in [1.54, 1.807) is 0 Å². The Balaban J connectivity index is 3.24. The van der Waals surface area contributed by atoms with Gasteiger partial charge in [0, 0.05) is 16.0 Å². The van der Waals surface area contributed by atoms with E-state index in [4.69, 9.17) is 17.3 Å². The lowest BCUT2D eigenvalue weighted by molar-refractivity contribution is 1.06. The normalized spacial score (nSPS) is 10.2. The second-order valence-corrected chi connectivity index (χ2v) is 3.69. The molecule has 3 heteroatoms. The number of hydrogen-bond donors (Lipinski definition) is 1. The lowest BCUT2D eigenvalue weighted by atomic mass is 10.1. The summed E-state index contributed by atoms with van der Waals surface area (Å²) in [5, 5.41) is 0.774. The maximum Gasteiger partial charge on any atom is 0.0480 e. The summed E-state index contributed by atoms with van der Waals surface area (Å²) in [6.45, 7) is 2.45. The summed E-state index contributed by atoms with van der Waals surface area (Å²) in [6.07, 6.45) is 0. The minimum absolute atomic E-state index is 0.485. The molecule has 0 saturated carbocycles. The molecule has 0 aliphatic heterocycles. The second kappa shape index (κ2) is 3.57. The van der Waals surface area contributed by atoms with Gasteiger partial charge < -0.3 is 5.73 Å². The molecule has 0 aliphatic carbocycles. The summed E-state index contributed by atoms with van der Waals surface area (Å²) in [5.41, 5.74) is 7.52. The van der Waals surface area contributed by atoms with Crippen LogP contribution in [0.5, 0.6) is 0 Å². The fourth-order valence-corrected chi connectivity index (χ4v) is 1.75. The van der Waals surface area contributed by atoms with E-state index in [9.17, 15) is 0 Å². The highest BCUT2D eigenvalue weighted by Gasteiger charge is 2.02. The van der Waals surface area contributed by atoms with Crippen LogP contribution >= 0.6 is 27.5 Å². The van der Waals surface area contributed by atoms with Gasteiger partial charge in [-0.3, -0.25) is 0 Å². The average Bonchev–Trinajstić information content (AvgIpc) is 1.96. The molecule has 0 unspecified atom stereocenters. The van der Waals surface area contributed by atoms with Crippen molar-refractivity contribution in [3.63, 3.8) is 0 Å². The van der Waals surface area contributed by atoms with Gasteiger partial charge in [0.1, 0.15) is 0 Å². The van der Waals surface area contributed by atoms with Crippen LogP contribution in [0.15, 0.2) is 16.6 Å². The standard InChI is InChI=1S/C8H9BrClN/c1-5-2-7(9)3-6(4-11)8(5)10/h2-3H,4,11H2,1H3. The molecule has 0 amide bonds. The first-order valence-electron chi connectivity index (χ1n) is 3.29. The fourth-order valence-electron chi connectivity index (χ4n) is 0.943. The predicted molar refractivity (Wildman–Crippen MR) is 51.8 cm³/mol. The first kappa shape index (κ1) is 9.04. The Hall–Kier alpha value is -0.0500. The lowest BCUT2D eigenvalue weighted by Crippen LogP contribution is -1.98. The van der Waals surface area contributed by atoms with E-state index < -0.39 is 0 Å². The summed E-state index contributed by atoms with van der Waals surface area (Å²) < 4.78 is 1.03. The highest BCUT2D eigenvalue weighted by molar-refractivity contribution is 9.10. The molecule has 0 aliphatic rings. The van der Waals surface area contributed by atoms with Crippen molar-refractivity contribution in [2.75, 3.05) is 0 Å². The third-order valence-corrected chi connectivity index (χ3v) is 2.51. The average molecular weight is 235 g/mol. The van der Waals surface area contributed by atoms with Crippen LogP contribution in [0.4, 0.5) is 0 Å². The molecule has 0 heterocycles. The van der Waals surface area contributed by atoms with Crippen LogP contribution < -0.4 is 5.73 Å². The molecule has 1 rings (SSSR count). The molecule has 11 heavy (non-hydrogen) atoms. The minimum atomic E-state index is 0.485. The zero-order valence-electron chi connectivity index (χ0n) is 6.20. The van der Waals surface area contributed by atoms with Crippen LogP contribution in [-0.2, 0) is 6.54 Å². The van der Waals surface area contributed by atoms with Gasteiger partial charge in [-0.1, -0.05) is 27.5 Å². The zero-order chi connectivity index (χ0) is 8.43. The largest absolute Gasteiger partial charge is 0.326 e. The second-order valence-electron chi connectivity index (χ2n) is 2.40. The monoisotopic (exact) mass is 233 g/mol. The quantitative estimate of drug-likeness (QED) is 0.794. The number of rotatable bonds is 1. The Labute approximate surface area is 79.7 Å². The number of hydrogen-bond acceptors (Lipinski definition) is 1. The Bertz CT molecular complexity index is 273. The minimum Gasteiger partial charge on any atom is -0.326 e. The summed E-state index contributed by atoms with van der Waals surface area (Å²) in [7, 11) is 0. The molecule has 2 N–H and O–H groups in total. The van der Waals surface area contributed by atoms with Gasteiger partial charge in [-0.2, -0.15) is 0 Å². The number of halogens is 2. The Morgan fingerprint density at radius 2 is 2.18 bits per heavy atom. The molecule has 0 saturated heterocycles. The zero-order valence-corrected chi connectivity index (χ0v) is 8.54. The highest BCUT2D eigenvalue weighted by atomic mass is 79.9. The molecule has 0 fully saturated rings. The molecular weight excluding hydrogens is 225 g/mol. The summed E-state index contributed by atoms with van der Waals surface area (Å²) >= 11 is 9.34. The van der Waals surface area contributed by atoms with Gasteiger partial charge in [0.15, 0.2) is 0 Å². The Morgan fingerprint density at radius 3 is 2.73 bits per heavy atom. The van der Waals surface area contributed by atoms with E-state index in [1.165, 1.54) is 0 Å². The predicted octanol–water partition coefficient (Wildman–Crippen LogP) is 2.87. The van der Waals surface area contributed by atoms with Crippen LogP contribution in [0.3, 0.4) is 0 Å². The van der Waals surface area contributed by atoms with Crippen molar-refractivity contribution in [2.24, 2.45) is 5.73 Å². The van der Waals surface area contributed by atoms with Crippen LogP contribution in [0.1, 0.15) is 11.1 Å². The van der Waals surface area contributed by atoms with E-state index >= 15 is 0 Å². The van der Waals surface area contributed by atoms with Crippen molar-refractivity contribution in [2.45, 2.75) is 13.5 Å². The lowest BCUT2D eigenvalue weighted by Gasteiger charge is -2.04. The van der Waals surface area contributed by atoms with Gasteiger partial charge in [-0.25, -0.2) is 0 Å². The highest BCUT2D eigenvalue weighted by Crippen LogP contribution is 2.24. The maximum atomic E-state index is 5.96. The van der Waals surface area contributed by atoms with E-state index in [0.29, 0.717) is 6.54 Å². The van der Waals surface area contributed by atoms with Crippen LogP contribution in [0.2, 0.25) is 5.02 Å². The summed E-state index contributed by atoms with van der Waals surface area (Å²) in [6, 6.07) is 3.91. The van der Waals surface area contributed by atoms with Crippen molar-refractivity contribution in [3.05, 3.63) is 32.8 Å². The fraction of sp³-hybridized carbons (Fsp3) is 0.250. The van der Waals surface area contributed by atoms with Crippen LogP contribution in [0.25, 0.3) is 0 Å². The van der Waals surface area contributed by atoms with Gasteiger partial charge in [0.05, 0.1) is 0 Å². The SMILES string of the molecule is Cc1cc(Br)cc(CN)c1Cl. The molecule has 0 aromatic heterocycles. The Kier molecular flexibility index (Phi) is 2.93.